The van der Waals surface area contributed by atoms with Gasteiger partial charge in [0.05, 0.1) is 76.0 Å². The third kappa shape index (κ3) is 26.7. The van der Waals surface area contributed by atoms with Crippen molar-refractivity contribution in [2.75, 3.05) is 52.9 Å². The summed E-state index contributed by atoms with van der Waals surface area (Å²) < 4.78 is 193. The number of carbonyl (C=O) groups excluding carboxylic acids is 6. The predicted octanol–water partition coefficient (Wildman–Crippen LogP) is 15.9. The number of halogens is 10. The Bertz CT molecular complexity index is 3180. The fourth-order valence-electron chi connectivity index (χ4n) is 9.05. The number of ether oxygens (including phenoxy) is 9. The topological polar surface area (TPSA) is 185 Å². The molecule has 0 radical (unpaired) electrons. The molecule has 0 saturated heterocycles. The van der Waals surface area contributed by atoms with Crippen LogP contribution < -0.4 is 14.2 Å². The van der Waals surface area contributed by atoms with Gasteiger partial charge in [-0.2, -0.15) is 17.6 Å². The summed E-state index contributed by atoms with van der Waals surface area (Å²) in [5, 5.41) is 0. The zero-order chi connectivity index (χ0) is 69.1. The summed E-state index contributed by atoms with van der Waals surface area (Å²) >= 11 is 0. The highest BCUT2D eigenvalue weighted by atomic mass is 19.3. The van der Waals surface area contributed by atoms with Crippen molar-refractivity contribution in [3.63, 3.8) is 0 Å². The van der Waals surface area contributed by atoms with E-state index in [1.807, 2.05) is 6.08 Å². The molecule has 0 heterocycles. The molecular weight excluding hydrogens is 1260 g/mol. The summed E-state index contributed by atoms with van der Waals surface area (Å²) in [7, 11) is 0. The first kappa shape index (κ1) is 77.7. The van der Waals surface area contributed by atoms with Gasteiger partial charge >= 0.3 is 36.0 Å². The molecule has 25 heteroatoms. The zero-order valence-corrected chi connectivity index (χ0v) is 51.8. The first-order valence-corrected chi connectivity index (χ1v) is 30.4. The van der Waals surface area contributed by atoms with Gasteiger partial charge in [0, 0.05) is 37.1 Å². The van der Waals surface area contributed by atoms with E-state index < -0.39 is 136 Å². The van der Waals surface area contributed by atoms with E-state index in [0.29, 0.717) is 87.7 Å². The van der Waals surface area contributed by atoms with Crippen LogP contribution in [-0.2, 0) is 53.7 Å². The third-order valence-corrected chi connectivity index (χ3v) is 14.1. The van der Waals surface area contributed by atoms with E-state index in [1.54, 1.807) is 18.2 Å². The molecule has 0 spiro atoms. The van der Waals surface area contributed by atoms with Gasteiger partial charge in [-0.25, -0.2) is 50.3 Å². The minimum Gasteiger partial charge on any atom is -0.494 e. The fourth-order valence-corrected chi connectivity index (χ4v) is 9.05. The Kier molecular flexibility index (Phi) is 33.9. The van der Waals surface area contributed by atoms with Crippen molar-refractivity contribution in [2.24, 2.45) is 5.92 Å². The van der Waals surface area contributed by atoms with Gasteiger partial charge in [0.15, 0.2) is 28.9 Å². The molecule has 1 saturated carbocycles. The largest absolute Gasteiger partial charge is 0.494 e. The number of esters is 5. The Morgan fingerprint density at radius 1 is 0.500 bits per heavy atom. The molecule has 15 nitrogen and oxygen atoms in total. The van der Waals surface area contributed by atoms with Crippen LogP contribution in [0.1, 0.15) is 135 Å². The predicted molar refractivity (Wildman–Crippen MR) is 325 cm³/mol. The number of hydrogen-bond donors (Lipinski definition) is 0. The number of unbranched alkanes of at least 4 members (excludes halogenated alkanes) is 8. The Labute approximate surface area is 538 Å². The molecule has 5 rings (SSSR count). The first-order valence-electron chi connectivity index (χ1n) is 30.4. The molecule has 0 amide bonds. The minimum atomic E-state index is -4.77. The molecule has 94 heavy (non-hydrogen) atoms. The van der Waals surface area contributed by atoms with E-state index in [2.05, 4.69) is 31.1 Å². The van der Waals surface area contributed by atoms with Crippen LogP contribution in [0.25, 0.3) is 11.1 Å². The Morgan fingerprint density at radius 2 is 0.968 bits per heavy atom. The second kappa shape index (κ2) is 41.1. The lowest BCUT2D eigenvalue weighted by Gasteiger charge is -2.35. The standard InChI is InChI=1S/C39H40F6O7.C30H36F4O8/c1-3-34(47)50-22-12-8-6-5-7-11-21-49-28-17-15-26(16-18-28)27-24-30(40)36(31(41)25-27)39(44,45)52-33-20-19-29(37(42)38(33)43)32(46)14-10-9-13-23-51-35(48)4-2;1-3-25(35)39-16-8-6-5-7-15-38-22-12-11-21(30(33,34)19-22)20-42-24-14-13-23(27(31)28(24)32)29(37)41-18-10-9-17-40-26(36)4-2/h3-4,15-20,24-25H,1-2,5-14,21-23H2;3-6,13-14,21-22H,1-2,7-12,15-20H2/b;6-5-. The highest BCUT2D eigenvalue weighted by Gasteiger charge is 2.46. The van der Waals surface area contributed by atoms with Crippen molar-refractivity contribution in [2.45, 2.75) is 127 Å². The Balaban J connectivity index is 0.000000410. The molecule has 1 fully saturated rings. The average Bonchev–Trinajstić information content (AvgIpc) is 0.787. The van der Waals surface area contributed by atoms with E-state index >= 15 is 8.78 Å². The molecule has 1 aliphatic carbocycles. The number of benzene rings is 4. The van der Waals surface area contributed by atoms with Crippen LogP contribution in [0.5, 0.6) is 17.2 Å². The van der Waals surface area contributed by atoms with E-state index in [1.165, 1.54) is 12.1 Å². The van der Waals surface area contributed by atoms with Crippen LogP contribution in [0.4, 0.5) is 43.9 Å². The molecule has 2 unspecified atom stereocenters. The molecule has 0 bridgehead atoms. The quantitative estimate of drug-likeness (QED) is 0.00776. The summed E-state index contributed by atoms with van der Waals surface area (Å²) in [4.78, 5) is 68.4. The molecule has 0 N–H and O–H groups in total. The molecular formula is C69H76F10O15. The van der Waals surface area contributed by atoms with Crippen LogP contribution in [0.2, 0.25) is 0 Å². The SMILES string of the molecule is C=CC(=O)OCC/C=C\CCOC1CCC(COc2ccc(C(=O)OCCCCOC(=O)C=C)c(F)c2F)C(F)(F)C1.C=CC(=O)OCCCCCCCCOc1ccc(-c2cc(F)c(C(F)(F)Oc3ccc(C(=O)CCCCCOC(=O)C=C)c(F)c3F)c(F)c2)cc1. The molecule has 4 aromatic rings. The molecule has 0 aromatic heterocycles. The molecule has 2 atom stereocenters. The highest BCUT2D eigenvalue weighted by molar-refractivity contribution is 5.96. The Morgan fingerprint density at radius 3 is 1.53 bits per heavy atom. The number of rotatable bonds is 41. The minimum absolute atomic E-state index is 0.0590. The molecule has 1 aliphatic rings. The maximum Gasteiger partial charge on any atom is 0.432 e. The molecule has 0 aliphatic heterocycles. The van der Waals surface area contributed by atoms with Gasteiger partial charge in [-0.1, -0.05) is 76.3 Å². The third-order valence-electron chi connectivity index (χ3n) is 14.1. The molecule has 4 aromatic carbocycles. The van der Waals surface area contributed by atoms with Crippen molar-refractivity contribution >= 4 is 35.6 Å². The Hall–Kier alpha value is -8.74. The molecule has 512 valence electrons. The van der Waals surface area contributed by atoms with Gasteiger partial charge in [-0.3, -0.25) is 4.79 Å². The number of carbonyl (C=O) groups is 6. The van der Waals surface area contributed by atoms with Crippen LogP contribution in [-0.4, -0.2) is 101 Å². The highest BCUT2D eigenvalue weighted by Crippen LogP contribution is 2.41. The summed E-state index contributed by atoms with van der Waals surface area (Å²) in [5.74, 6) is -19.9. The van der Waals surface area contributed by atoms with Gasteiger partial charge in [-0.05, 0) is 130 Å². The van der Waals surface area contributed by atoms with Crippen molar-refractivity contribution in [1.82, 2.24) is 0 Å². The number of hydrogen-bond acceptors (Lipinski definition) is 15. The van der Waals surface area contributed by atoms with Gasteiger partial charge < -0.3 is 42.6 Å². The summed E-state index contributed by atoms with van der Waals surface area (Å²) in [6.07, 6.45) is 10.3. The van der Waals surface area contributed by atoms with Crippen LogP contribution in [0, 0.1) is 40.8 Å². The lowest BCUT2D eigenvalue weighted by molar-refractivity contribution is -0.191. The van der Waals surface area contributed by atoms with E-state index in [0.717, 1.165) is 81.0 Å². The van der Waals surface area contributed by atoms with Crippen molar-refractivity contribution in [1.29, 1.82) is 0 Å². The summed E-state index contributed by atoms with van der Waals surface area (Å²) in [6, 6.07) is 10.7. The van der Waals surface area contributed by atoms with Gasteiger partial charge in [-0.15, -0.1) is 0 Å². The van der Waals surface area contributed by atoms with E-state index in [9.17, 15) is 63.9 Å². The van der Waals surface area contributed by atoms with Crippen LogP contribution in [0.15, 0.2) is 123 Å². The van der Waals surface area contributed by atoms with E-state index in [-0.39, 0.29) is 57.9 Å². The maximum absolute atomic E-state index is 15.0. The van der Waals surface area contributed by atoms with E-state index in [4.69, 9.17) is 37.9 Å². The maximum atomic E-state index is 15.0. The van der Waals surface area contributed by atoms with Crippen molar-refractivity contribution in [3.8, 4) is 28.4 Å². The van der Waals surface area contributed by atoms with Crippen LogP contribution in [0.3, 0.4) is 0 Å². The van der Waals surface area contributed by atoms with Crippen molar-refractivity contribution in [3.05, 3.63) is 175 Å². The normalized spacial score (nSPS) is 14.1. The smallest absolute Gasteiger partial charge is 0.432 e. The second-order valence-corrected chi connectivity index (χ2v) is 21.1. The zero-order valence-electron chi connectivity index (χ0n) is 51.8. The summed E-state index contributed by atoms with van der Waals surface area (Å²) in [6.45, 7) is 13.9. The average molecular weight is 1340 g/mol. The van der Waals surface area contributed by atoms with Gasteiger partial charge in [0.1, 0.15) is 22.9 Å². The fraction of sp³-hybridized carbons (Fsp3) is 0.420. The van der Waals surface area contributed by atoms with Gasteiger partial charge in [0.25, 0.3) is 5.92 Å². The first-order chi connectivity index (χ1) is 45.0. The van der Waals surface area contributed by atoms with Crippen LogP contribution >= 0.6 is 0 Å². The monoisotopic (exact) mass is 1330 g/mol. The van der Waals surface area contributed by atoms with Gasteiger partial charge in [0.2, 0.25) is 11.6 Å². The summed E-state index contributed by atoms with van der Waals surface area (Å²) in [5.41, 5.74) is -2.96. The number of Topliss-reactive ketones (excluding diaryl/α,β-unsaturated/α-hetero) is 1. The number of ketones is 1. The number of alkyl halides is 4. The van der Waals surface area contributed by atoms with Crippen molar-refractivity contribution < 1.29 is 115 Å². The lowest BCUT2D eigenvalue weighted by atomic mass is 9.84. The second-order valence-electron chi connectivity index (χ2n) is 21.1. The lowest BCUT2D eigenvalue weighted by Crippen LogP contribution is -2.42.